The summed E-state index contributed by atoms with van der Waals surface area (Å²) < 4.78 is 48.5. The first-order valence-corrected chi connectivity index (χ1v) is 5.47. The second-order valence-electron chi connectivity index (χ2n) is 3.66. The zero-order valence-electron chi connectivity index (χ0n) is 11.3. The van der Waals surface area contributed by atoms with Crippen LogP contribution in [0.3, 0.4) is 0 Å². The van der Waals surface area contributed by atoms with Crippen LogP contribution in [0.1, 0.15) is 0 Å². The lowest BCUT2D eigenvalue weighted by molar-refractivity contribution is 0.322. The third-order valence-corrected chi connectivity index (χ3v) is 2.75. The third kappa shape index (κ3) is 1.84. The minimum Gasteiger partial charge on any atom is -0.490 e. The van der Waals surface area contributed by atoms with Crippen LogP contribution in [0.5, 0.6) is 23.3 Å². The van der Waals surface area contributed by atoms with Crippen LogP contribution in [0, 0.1) is 11.6 Å². The van der Waals surface area contributed by atoms with Crippen molar-refractivity contribution in [2.45, 2.75) is 0 Å². The molecule has 0 aliphatic heterocycles. The maximum absolute atomic E-state index is 14.5. The molecule has 0 atom stereocenters. The SMILES string of the molecule is COc1c(OC)c(F)c2c(OC)nnc(OC)c2c1F. The van der Waals surface area contributed by atoms with E-state index in [2.05, 4.69) is 10.2 Å². The average molecular weight is 286 g/mol. The van der Waals surface area contributed by atoms with Crippen molar-refractivity contribution in [3.05, 3.63) is 11.6 Å². The summed E-state index contributed by atoms with van der Waals surface area (Å²) in [5.41, 5.74) is 0. The molecule has 0 saturated heterocycles. The van der Waals surface area contributed by atoms with E-state index in [-0.39, 0.29) is 34.0 Å². The lowest BCUT2D eigenvalue weighted by atomic mass is 10.1. The standard InChI is InChI=1S/C12H12F2N2O4/c1-17-9-7(13)5-6(8(14)10(9)18-2)12(20-4)16-15-11(5)19-3/h1-4H3. The monoisotopic (exact) mass is 286 g/mol. The van der Waals surface area contributed by atoms with E-state index in [9.17, 15) is 8.78 Å². The zero-order chi connectivity index (χ0) is 14.9. The Balaban J connectivity index is 3.04. The Kier molecular flexibility index (Phi) is 3.73. The molecule has 0 aliphatic carbocycles. The molecule has 1 aromatic carbocycles. The molecule has 1 heterocycles. The summed E-state index contributed by atoms with van der Waals surface area (Å²) in [5, 5.41) is 6.80. The summed E-state index contributed by atoms with van der Waals surface area (Å²) in [4.78, 5) is 0. The molecule has 108 valence electrons. The number of hydrogen-bond donors (Lipinski definition) is 0. The van der Waals surface area contributed by atoms with E-state index < -0.39 is 11.6 Å². The fraction of sp³-hybridized carbons (Fsp3) is 0.333. The molecule has 0 fully saturated rings. The topological polar surface area (TPSA) is 62.7 Å². The molecule has 8 heteroatoms. The maximum atomic E-state index is 14.5. The Labute approximate surface area is 113 Å². The first-order chi connectivity index (χ1) is 9.60. The van der Waals surface area contributed by atoms with Crippen molar-refractivity contribution >= 4 is 10.8 Å². The van der Waals surface area contributed by atoms with Crippen molar-refractivity contribution in [2.75, 3.05) is 28.4 Å². The normalized spacial score (nSPS) is 10.5. The van der Waals surface area contributed by atoms with Crippen LogP contribution in [-0.2, 0) is 0 Å². The van der Waals surface area contributed by atoms with Crippen LogP contribution in [-0.4, -0.2) is 38.6 Å². The number of aromatic nitrogens is 2. The summed E-state index contributed by atoms with van der Waals surface area (Å²) in [5.74, 6) is -2.87. The van der Waals surface area contributed by atoms with Crippen LogP contribution >= 0.6 is 0 Å². The first-order valence-electron chi connectivity index (χ1n) is 5.47. The van der Waals surface area contributed by atoms with Crippen LogP contribution in [0.4, 0.5) is 8.78 Å². The van der Waals surface area contributed by atoms with Gasteiger partial charge < -0.3 is 18.9 Å². The van der Waals surface area contributed by atoms with Gasteiger partial charge >= 0.3 is 0 Å². The van der Waals surface area contributed by atoms with Crippen molar-refractivity contribution < 1.29 is 27.7 Å². The molecule has 0 saturated carbocycles. The largest absolute Gasteiger partial charge is 0.490 e. The Morgan fingerprint density at radius 3 is 1.25 bits per heavy atom. The molecule has 0 spiro atoms. The highest BCUT2D eigenvalue weighted by Gasteiger charge is 2.28. The van der Waals surface area contributed by atoms with E-state index >= 15 is 0 Å². The molecule has 0 aliphatic rings. The number of methoxy groups -OCH3 is 4. The number of hydrogen-bond acceptors (Lipinski definition) is 6. The minimum absolute atomic E-state index is 0.182. The van der Waals surface area contributed by atoms with E-state index in [0.29, 0.717) is 0 Å². The zero-order valence-corrected chi connectivity index (χ0v) is 11.3. The molecular formula is C12H12F2N2O4. The van der Waals surface area contributed by atoms with Gasteiger partial charge in [0, 0.05) is 0 Å². The second kappa shape index (κ2) is 5.32. The Bertz CT molecular complexity index is 607. The molecule has 2 rings (SSSR count). The van der Waals surface area contributed by atoms with Gasteiger partial charge in [0.1, 0.15) is 0 Å². The minimum atomic E-state index is -0.870. The Morgan fingerprint density at radius 2 is 1.00 bits per heavy atom. The van der Waals surface area contributed by atoms with Crippen molar-refractivity contribution in [1.29, 1.82) is 0 Å². The summed E-state index contributed by atoms with van der Waals surface area (Å²) in [6, 6.07) is 0. The summed E-state index contributed by atoms with van der Waals surface area (Å²) >= 11 is 0. The molecule has 6 nitrogen and oxygen atoms in total. The van der Waals surface area contributed by atoms with Crippen LogP contribution in [0.25, 0.3) is 10.8 Å². The molecule has 1 aromatic heterocycles. The molecule has 0 bridgehead atoms. The lowest BCUT2D eigenvalue weighted by Crippen LogP contribution is -2.04. The highest BCUT2D eigenvalue weighted by Crippen LogP contribution is 2.44. The third-order valence-electron chi connectivity index (χ3n) is 2.75. The maximum Gasteiger partial charge on any atom is 0.244 e. The van der Waals surface area contributed by atoms with E-state index in [1.165, 1.54) is 28.4 Å². The van der Waals surface area contributed by atoms with E-state index in [1.54, 1.807) is 0 Å². The quantitative estimate of drug-likeness (QED) is 0.856. The van der Waals surface area contributed by atoms with E-state index in [0.717, 1.165) is 0 Å². The van der Waals surface area contributed by atoms with Gasteiger partial charge in [0.05, 0.1) is 39.2 Å². The molecule has 0 radical (unpaired) electrons. The summed E-state index contributed by atoms with van der Waals surface area (Å²) in [7, 11) is 4.93. The van der Waals surface area contributed by atoms with Crippen molar-refractivity contribution in [3.8, 4) is 23.3 Å². The van der Waals surface area contributed by atoms with Gasteiger partial charge in [0.2, 0.25) is 23.3 Å². The van der Waals surface area contributed by atoms with Gasteiger partial charge in [-0.1, -0.05) is 0 Å². The fourth-order valence-electron chi connectivity index (χ4n) is 1.89. The van der Waals surface area contributed by atoms with E-state index in [1.807, 2.05) is 0 Å². The number of benzene rings is 1. The van der Waals surface area contributed by atoms with Crippen LogP contribution in [0.2, 0.25) is 0 Å². The fourth-order valence-corrected chi connectivity index (χ4v) is 1.89. The van der Waals surface area contributed by atoms with Gasteiger partial charge in [0.15, 0.2) is 11.6 Å². The van der Waals surface area contributed by atoms with E-state index in [4.69, 9.17) is 18.9 Å². The number of fused-ring (bicyclic) bond motifs is 1. The molecular weight excluding hydrogens is 274 g/mol. The summed E-state index contributed by atoms with van der Waals surface area (Å²) in [6.07, 6.45) is 0. The van der Waals surface area contributed by atoms with Gasteiger partial charge in [-0.25, -0.2) is 8.78 Å². The predicted molar refractivity (Wildman–Crippen MR) is 65.7 cm³/mol. The van der Waals surface area contributed by atoms with Crippen molar-refractivity contribution in [2.24, 2.45) is 0 Å². The van der Waals surface area contributed by atoms with Gasteiger partial charge in [-0.15, -0.1) is 10.2 Å². The number of nitrogens with zero attached hydrogens (tertiary/aromatic N) is 2. The lowest BCUT2D eigenvalue weighted by Gasteiger charge is -2.14. The smallest absolute Gasteiger partial charge is 0.244 e. The van der Waals surface area contributed by atoms with Crippen molar-refractivity contribution in [3.63, 3.8) is 0 Å². The molecule has 2 aromatic rings. The molecule has 0 amide bonds. The highest BCUT2D eigenvalue weighted by atomic mass is 19.1. The second-order valence-corrected chi connectivity index (χ2v) is 3.66. The first kappa shape index (κ1) is 14.0. The average Bonchev–Trinajstić information content (AvgIpc) is 2.48. The molecule has 20 heavy (non-hydrogen) atoms. The van der Waals surface area contributed by atoms with Gasteiger partial charge in [-0.05, 0) is 0 Å². The Morgan fingerprint density at radius 1 is 0.650 bits per heavy atom. The van der Waals surface area contributed by atoms with Gasteiger partial charge in [0.25, 0.3) is 0 Å². The van der Waals surface area contributed by atoms with Crippen LogP contribution in [0.15, 0.2) is 0 Å². The van der Waals surface area contributed by atoms with Gasteiger partial charge in [-0.3, -0.25) is 0 Å². The predicted octanol–water partition coefficient (Wildman–Crippen LogP) is 1.94. The van der Waals surface area contributed by atoms with Gasteiger partial charge in [-0.2, -0.15) is 0 Å². The highest BCUT2D eigenvalue weighted by molar-refractivity contribution is 5.94. The Hall–Kier alpha value is -2.38. The molecule has 0 unspecified atom stereocenters. The summed E-state index contributed by atoms with van der Waals surface area (Å²) in [6.45, 7) is 0. The molecule has 0 N–H and O–H groups in total. The number of halogens is 2. The number of ether oxygens (including phenoxy) is 4. The van der Waals surface area contributed by atoms with Crippen molar-refractivity contribution in [1.82, 2.24) is 10.2 Å². The van der Waals surface area contributed by atoms with Crippen LogP contribution < -0.4 is 18.9 Å². The number of rotatable bonds is 4.